The molecule has 3 rings (SSSR count). The molecule has 2 aromatic rings. The fourth-order valence-corrected chi connectivity index (χ4v) is 6.35. The molecule has 1 aromatic carbocycles. The van der Waals surface area contributed by atoms with Gasteiger partial charge in [0, 0.05) is 31.3 Å². The van der Waals surface area contributed by atoms with Crippen molar-refractivity contribution in [3.63, 3.8) is 0 Å². The minimum Gasteiger partial charge on any atom is -0.413 e. The molecule has 6 N–H and O–H groups in total. The number of amides is 1. The van der Waals surface area contributed by atoms with Crippen molar-refractivity contribution in [1.82, 2.24) is 20.0 Å². The number of aromatic nitrogens is 2. The fourth-order valence-electron chi connectivity index (χ4n) is 5.05. The Morgan fingerprint density at radius 1 is 0.962 bits per heavy atom. The summed E-state index contributed by atoms with van der Waals surface area (Å²) in [5.74, 6) is -1.12. The minimum absolute atomic E-state index is 0.0214. The van der Waals surface area contributed by atoms with Crippen LogP contribution in [0.1, 0.15) is 64.3 Å². The van der Waals surface area contributed by atoms with Crippen LogP contribution in [0.4, 0.5) is 10.2 Å². The third-order valence-electron chi connectivity index (χ3n) is 7.77. The number of anilines is 1. The molecule has 1 amide bonds. The number of unbranched alkanes of at least 4 members (excludes halogenated alkanes) is 1. The van der Waals surface area contributed by atoms with E-state index in [0.717, 1.165) is 49.3 Å². The van der Waals surface area contributed by atoms with Gasteiger partial charge < -0.3 is 25.8 Å². The maximum Gasteiger partial charge on any atom is 0.459 e. The Hall–Kier alpha value is -4.39. The van der Waals surface area contributed by atoms with Gasteiger partial charge in [-0.1, -0.05) is 85.9 Å². The summed E-state index contributed by atoms with van der Waals surface area (Å²) < 4.78 is 41.1. The van der Waals surface area contributed by atoms with Crippen LogP contribution in [0.3, 0.4) is 0 Å². The summed E-state index contributed by atoms with van der Waals surface area (Å²) in [5, 5.41) is 26.5. The highest BCUT2D eigenvalue weighted by Gasteiger charge is 2.44. The second-order valence-electron chi connectivity index (χ2n) is 11.8. The van der Waals surface area contributed by atoms with Crippen LogP contribution in [0.25, 0.3) is 0 Å². The maximum absolute atomic E-state index is 15.5. The van der Waals surface area contributed by atoms with Crippen molar-refractivity contribution in [2.24, 2.45) is 0 Å². The second kappa shape index (κ2) is 23.2. The van der Waals surface area contributed by atoms with Crippen LogP contribution in [0, 0.1) is 0 Å². The number of hydrogen-bond donors (Lipinski definition) is 5. The molecule has 52 heavy (non-hydrogen) atoms. The molecule has 0 saturated carbocycles. The minimum atomic E-state index is -4.21. The number of halogens is 1. The molecule has 0 aliphatic heterocycles. The van der Waals surface area contributed by atoms with Crippen LogP contribution in [-0.4, -0.2) is 57.6 Å². The number of benzene rings is 1. The molecular weight excluding hydrogens is 688 g/mol. The van der Waals surface area contributed by atoms with Crippen LogP contribution in [0.2, 0.25) is 0 Å². The second-order valence-corrected chi connectivity index (χ2v) is 13.6. The molecule has 1 aliphatic carbocycles. The number of carbonyl (C=O) groups is 1. The zero-order valence-corrected chi connectivity index (χ0v) is 30.5. The zero-order valence-electron chi connectivity index (χ0n) is 29.6. The molecule has 14 heteroatoms. The molecule has 2 unspecified atom stereocenters. The number of aliphatic hydroxyl groups is 2. The molecule has 0 radical (unpaired) electrons. The Morgan fingerprint density at radius 3 is 2.19 bits per heavy atom. The van der Waals surface area contributed by atoms with Crippen molar-refractivity contribution in [3.8, 4) is 5.75 Å². The first kappa shape index (κ1) is 42.0. The Labute approximate surface area is 304 Å². The first-order chi connectivity index (χ1) is 25.1. The van der Waals surface area contributed by atoms with E-state index in [9.17, 15) is 24.4 Å². The summed E-state index contributed by atoms with van der Waals surface area (Å²) in [6.07, 6.45) is 25.4. The quantitative estimate of drug-likeness (QED) is 0.0504. The Kier molecular flexibility index (Phi) is 18.8. The lowest BCUT2D eigenvalue weighted by Crippen LogP contribution is -2.36. The Morgan fingerprint density at radius 2 is 1.58 bits per heavy atom. The predicted octanol–water partition coefficient (Wildman–Crippen LogP) is 6.16. The summed E-state index contributed by atoms with van der Waals surface area (Å²) in [4.78, 5) is 28.2. The predicted molar refractivity (Wildman–Crippen MR) is 202 cm³/mol. The lowest BCUT2D eigenvalue weighted by Gasteiger charge is -2.21. The molecule has 0 fully saturated rings. The van der Waals surface area contributed by atoms with Gasteiger partial charge in [-0.05, 0) is 63.1 Å². The molecule has 0 saturated heterocycles. The average molecular weight is 740 g/mol. The molecule has 0 bridgehead atoms. The van der Waals surface area contributed by atoms with E-state index in [4.69, 9.17) is 14.8 Å². The van der Waals surface area contributed by atoms with Crippen molar-refractivity contribution < 1.29 is 33.0 Å². The molecule has 1 aliphatic rings. The van der Waals surface area contributed by atoms with Gasteiger partial charge in [-0.3, -0.25) is 13.9 Å². The van der Waals surface area contributed by atoms with Crippen molar-refractivity contribution in [2.75, 3.05) is 25.4 Å². The Bertz CT molecular complexity index is 1690. The lowest BCUT2D eigenvalue weighted by molar-refractivity contribution is -0.121. The molecular formula is C38H51FN5O7P. The lowest BCUT2D eigenvalue weighted by atomic mass is 10.1. The molecule has 1 aromatic heterocycles. The van der Waals surface area contributed by atoms with Gasteiger partial charge in [0.05, 0.1) is 6.61 Å². The standard InChI is InChI=1S/C38H51FN5O7P/c1-2-3-4-5-6-7-8-9-10-11-12-13-14-15-16-17-21-24-33(45)41-26-27-42-52(49,51-30-22-19-18-20-23-30)50-29-31-34(39)35(37(47)36(31)46)44-28-25-32(40)43-38(44)48/h3-4,6-7,9-10,12-13,15-16,18-20,22-23,25,28,35-37,46-47H,2,5,8,11,14,17,21,24,26-27,29H2,1H3,(H,41,45)(H,42,49)(H2,40,43,48)/b4-3-,7-6-,10-9-,13-12-,16-15-/t35?,36-,37+,52?/m1/s1. The SMILES string of the molecule is CC/C=C\C/C=C\C/C=C\C/C=C\C/C=C\CCCC(=O)NCCNP(=O)(OCC1=C(F)C(n2ccc(N)nc2=O)[C@H](O)[C@@H]1O)Oc1ccccc1. The monoisotopic (exact) mass is 739 g/mol. The summed E-state index contributed by atoms with van der Waals surface area (Å²) in [6.45, 7) is 1.46. The largest absolute Gasteiger partial charge is 0.459 e. The van der Waals surface area contributed by atoms with Crippen molar-refractivity contribution in [3.05, 3.63) is 125 Å². The number of hydrogen-bond acceptors (Lipinski definition) is 9. The number of rotatable bonds is 23. The third kappa shape index (κ3) is 14.7. The van der Waals surface area contributed by atoms with E-state index in [-0.39, 0.29) is 30.6 Å². The van der Waals surface area contributed by atoms with E-state index < -0.39 is 49.7 Å². The van der Waals surface area contributed by atoms with E-state index in [1.165, 1.54) is 6.07 Å². The van der Waals surface area contributed by atoms with E-state index in [0.29, 0.717) is 12.8 Å². The van der Waals surface area contributed by atoms with Gasteiger partial charge in [0.25, 0.3) is 0 Å². The molecule has 1 heterocycles. The van der Waals surface area contributed by atoms with Gasteiger partial charge in [-0.2, -0.15) is 4.98 Å². The maximum atomic E-state index is 15.5. The van der Waals surface area contributed by atoms with Crippen LogP contribution in [-0.2, 0) is 13.9 Å². The summed E-state index contributed by atoms with van der Waals surface area (Å²) in [7, 11) is -4.21. The normalized spacial score (nSPS) is 19.2. The highest BCUT2D eigenvalue weighted by Crippen LogP contribution is 2.46. The van der Waals surface area contributed by atoms with Crippen molar-refractivity contribution in [1.29, 1.82) is 0 Å². The number of nitrogen functional groups attached to an aromatic ring is 1. The summed E-state index contributed by atoms with van der Waals surface area (Å²) >= 11 is 0. The van der Waals surface area contributed by atoms with Gasteiger partial charge in [0.15, 0.2) is 0 Å². The Balaban J connectivity index is 1.40. The number of nitrogens with one attached hydrogen (secondary N) is 2. The van der Waals surface area contributed by atoms with Crippen LogP contribution >= 0.6 is 7.75 Å². The van der Waals surface area contributed by atoms with Gasteiger partial charge in [-0.15, -0.1) is 0 Å². The zero-order chi connectivity index (χ0) is 37.6. The number of allylic oxidation sites excluding steroid dienone is 10. The average Bonchev–Trinajstić information content (AvgIpc) is 3.33. The van der Waals surface area contributed by atoms with E-state index in [2.05, 4.69) is 77.0 Å². The number of para-hydroxylation sites is 1. The van der Waals surface area contributed by atoms with Gasteiger partial charge in [0.2, 0.25) is 5.91 Å². The molecule has 282 valence electrons. The summed E-state index contributed by atoms with van der Waals surface area (Å²) in [5.41, 5.74) is 4.16. The number of carbonyl (C=O) groups excluding carboxylic acids is 1. The van der Waals surface area contributed by atoms with Crippen LogP contribution < -0.4 is 26.4 Å². The van der Waals surface area contributed by atoms with Crippen LogP contribution in [0.15, 0.2) is 120 Å². The van der Waals surface area contributed by atoms with Crippen molar-refractivity contribution in [2.45, 2.75) is 76.5 Å². The van der Waals surface area contributed by atoms with E-state index in [1.807, 2.05) is 6.08 Å². The fraction of sp³-hybridized carbons (Fsp3) is 0.395. The van der Waals surface area contributed by atoms with Gasteiger partial charge in [-0.25, -0.2) is 18.8 Å². The first-order valence-electron chi connectivity index (χ1n) is 17.5. The van der Waals surface area contributed by atoms with E-state index >= 15 is 4.39 Å². The highest BCUT2D eigenvalue weighted by atomic mass is 31.2. The smallest absolute Gasteiger partial charge is 0.413 e. The summed E-state index contributed by atoms with van der Waals surface area (Å²) in [6, 6.07) is 7.78. The van der Waals surface area contributed by atoms with Crippen LogP contribution in [0.5, 0.6) is 5.75 Å². The molecule has 12 nitrogen and oxygen atoms in total. The number of aliphatic hydroxyl groups excluding tert-OH is 2. The van der Waals surface area contributed by atoms with Gasteiger partial charge in [0.1, 0.15) is 35.6 Å². The van der Waals surface area contributed by atoms with Gasteiger partial charge >= 0.3 is 13.4 Å². The first-order valence-corrected chi connectivity index (χ1v) is 19.0. The number of nitrogens with zero attached hydrogens (tertiary/aromatic N) is 2. The molecule has 4 atom stereocenters. The number of nitrogens with two attached hydrogens (primary N) is 1. The van der Waals surface area contributed by atoms with Crippen molar-refractivity contribution >= 4 is 19.5 Å². The third-order valence-corrected chi connectivity index (χ3v) is 9.30. The highest BCUT2D eigenvalue weighted by molar-refractivity contribution is 7.52. The topological polar surface area (TPSA) is 178 Å². The van der Waals surface area contributed by atoms with E-state index in [1.54, 1.807) is 30.3 Å². The molecule has 0 spiro atoms.